The maximum absolute atomic E-state index is 9.69. The predicted octanol–water partition coefficient (Wildman–Crippen LogP) is 4.65. The van der Waals surface area contributed by atoms with Crippen molar-refractivity contribution in [3.63, 3.8) is 0 Å². The second-order valence-corrected chi connectivity index (χ2v) is 8.14. The fraction of sp³-hybridized carbons (Fsp3) is 0.120. The van der Waals surface area contributed by atoms with E-state index in [9.17, 15) is 4.79 Å². The molecule has 0 fully saturated rings. The van der Waals surface area contributed by atoms with Gasteiger partial charge < -0.3 is 5.43 Å². The number of hydrogen-bond donors (Lipinski definition) is 2. The first kappa shape index (κ1) is 34.0. The maximum atomic E-state index is 9.69. The first-order chi connectivity index (χ1) is 19.3. The van der Waals surface area contributed by atoms with Crippen molar-refractivity contribution in [2.45, 2.75) is 13.3 Å². The van der Waals surface area contributed by atoms with Gasteiger partial charge in [0.2, 0.25) is 0 Å². The zero-order valence-corrected chi connectivity index (χ0v) is 24.0. The number of hydrazine groups is 1. The van der Waals surface area contributed by atoms with Gasteiger partial charge in [0.05, 0.1) is 35.7 Å². The van der Waals surface area contributed by atoms with Crippen molar-refractivity contribution in [3.05, 3.63) is 104 Å². The van der Waals surface area contributed by atoms with Gasteiger partial charge >= 0.3 is 22.5 Å². The number of hydrogen-bond acceptors (Lipinski definition) is 11. The van der Waals surface area contributed by atoms with Crippen LogP contribution in [-0.4, -0.2) is 42.2 Å². The molecule has 1 aliphatic heterocycles. The summed E-state index contributed by atoms with van der Waals surface area (Å²) in [7, 11) is 0. The molecule has 4 aromatic heterocycles. The Kier molecular flexibility index (Phi) is 17.8. The molecule has 0 saturated carbocycles. The summed E-state index contributed by atoms with van der Waals surface area (Å²) in [5.41, 5.74) is 5.19. The monoisotopic (exact) mass is 626 g/mol. The molecule has 211 valence electrons. The zero-order chi connectivity index (χ0) is 29.6. The van der Waals surface area contributed by atoms with E-state index >= 15 is 0 Å². The van der Waals surface area contributed by atoms with Crippen LogP contribution in [0.1, 0.15) is 13.3 Å². The summed E-state index contributed by atoms with van der Waals surface area (Å²) in [5, 5.41) is 11.2. The molecular formula is C25H27Cl2MnN9O3. The van der Waals surface area contributed by atoms with Crippen LogP contribution < -0.4 is 16.3 Å². The van der Waals surface area contributed by atoms with Gasteiger partial charge in [0.1, 0.15) is 5.17 Å². The number of carbonyl (C=O) groups excluding carboxylic acids is 1. The van der Waals surface area contributed by atoms with Crippen LogP contribution in [0.5, 0.6) is 0 Å². The Balaban J connectivity index is 0.000000269. The molecule has 40 heavy (non-hydrogen) atoms. The molecular weight excluding hydrogens is 600 g/mol. The molecule has 12 nitrogen and oxygen atoms in total. The first-order valence-corrected chi connectivity index (χ1v) is 13.0. The second kappa shape index (κ2) is 20.9. The third-order valence-electron chi connectivity index (χ3n) is 4.29. The van der Waals surface area contributed by atoms with Crippen LogP contribution in [0.2, 0.25) is 5.15 Å². The van der Waals surface area contributed by atoms with Gasteiger partial charge in [-0.15, -0.1) is 0 Å². The number of halogens is 2. The van der Waals surface area contributed by atoms with Gasteiger partial charge in [0.25, 0.3) is 0 Å². The Bertz CT molecular complexity index is 1340. The topological polar surface area (TPSA) is 161 Å². The molecule has 15 heteroatoms. The molecule has 0 spiro atoms. The quantitative estimate of drug-likeness (QED) is 0.141. The standard InChI is InChI=1S/C8H8ClN3.C8H6ClN3.C5H7N3.C4H6O.Mn.2O/c2*9-8-3-5-12(11-8)7-2-1-4-10-6-7;6-8-5-2-1-3-7-4-5;1-3-4(2)5;;;/h1-2,4,6H,3,5H2;1-6H;1-4,8H,6H2;3H,1H2,2H3;;;. The molecule has 0 amide bonds. The van der Waals surface area contributed by atoms with Crippen LogP contribution in [0.4, 0.5) is 11.4 Å². The number of nitrogen functional groups attached to an aromatic ring is 1. The van der Waals surface area contributed by atoms with Crippen molar-refractivity contribution < 1.29 is 27.3 Å². The van der Waals surface area contributed by atoms with E-state index in [4.69, 9.17) is 36.7 Å². The van der Waals surface area contributed by atoms with Crippen LogP contribution in [0.15, 0.2) is 104 Å². The molecule has 0 unspecified atom stereocenters. The Hall–Kier alpha value is -4.00. The molecule has 0 radical (unpaired) electrons. The van der Waals surface area contributed by atoms with Gasteiger partial charge in [-0.05, 0) is 55.5 Å². The average Bonchev–Trinajstić information content (AvgIpc) is 3.64. The molecule has 0 aliphatic carbocycles. The van der Waals surface area contributed by atoms with Gasteiger partial charge in [-0.2, -0.15) is 10.2 Å². The molecule has 1 aliphatic rings. The summed E-state index contributed by atoms with van der Waals surface area (Å²) in [4.78, 5) is 21.5. The summed E-state index contributed by atoms with van der Waals surface area (Å²) < 4.78 is 18.5. The number of ketones is 1. The van der Waals surface area contributed by atoms with Crippen molar-refractivity contribution in [2.24, 2.45) is 10.9 Å². The normalized spacial score (nSPS) is 10.8. The van der Waals surface area contributed by atoms with Gasteiger partial charge in [0.15, 0.2) is 10.9 Å². The van der Waals surface area contributed by atoms with E-state index in [0.717, 1.165) is 30.0 Å². The van der Waals surface area contributed by atoms with E-state index in [1.807, 2.05) is 41.4 Å². The van der Waals surface area contributed by atoms with Gasteiger partial charge in [-0.1, -0.05) is 29.8 Å². The summed E-state index contributed by atoms with van der Waals surface area (Å²) in [6.45, 7) is 5.53. The number of pyridine rings is 3. The fourth-order valence-corrected chi connectivity index (χ4v) is 2.82. The number of rotatable bonds is 4. The van der Waals surface area contributed by atoms with Crippen molar-refractivity contribution in [2.75, 3.05) is 17.0 Å². The van der Waals surface area contributed by atoms with Crippen LogP contribution >= 0.6 is 23.2 Å². The predicted molar refractivity (Wildman–Crippen MR) is 150 cm³/mol. The molecule has 4 aromatic rings. The molecule has 3 N–H and O–H groups in total. The summed E-state index contributed by atoms with van der Waals surface area (Å²) >= 11 is 9.97. The van der Waals surface area contributed by atoms with E-state index in [0.29, 0.717) is 10.3 Å². The Morgan fingerprint density at radius 1 is 1.00 bits per heavy atom. The number of anilines is 2. The van der Waals surface area contributed by atoms with Crippen molar-refractivity contribution in [3.8, 4) is 5.69 Å². The molecule has 0 bridgehead atoms. The Labute approximate surface area is 247 Å². The second-order valence-electron chi connectivity index (χ2n) is 7.12. The van der Waals surface area contributed by atoms with Gasteiger partial charge in [-0.3, -0.25) is 30.6 Å². The van der Waals surface area contributed by atoms with Crippen LogP contribution in [0, 0.1) is 0 Å². The van der Waals surface area contributed by atoms with Crippen LogP contribution in [0.3, 0.4) is 0 Å². The third-order valence-corrected chi connectivity index (χ3v) is 4.75. The number of allylic oxidation sites excluding steroid dienone is 1. The first-order valence-electron chi connectivity index (χ1n) is 11.3. The Morgan fingerprint density at radius 3 is 1.90 bits per heavy atom. The van der Waals surface area contributed by atoms with Crippen LogP contribution in [-0.2, 0) is 27.3 Å². The van der Waals surface area contributed by atoms with E-state index in [2.05, 4.69) is 37.2 Å². The van der Waals surface area contributed by atoms with Crippen molar-refractivity contribution >= 4 is 45.5 Å². The van der Waals surface area contributed by atoms with Gasteiger partial charge in [-0.25, -0.2) is 4.68 Å². The number of nitrogens with one attached hydrogen (secondary N) is 1. The van der Waals surface area contributed by atoms with E-state index in [1.54, 1.807) is 54.1 Å². The van der Waals surface area contributed by atoms with Crippen LogP contribution in [0.25, 0.3) is 5.69 Å². The average molecular weight is 627 g/mol. The molecule has 0 atom stereocenters. The molecule has 5 rings (SSSR count). The molecule has 5 heterocycles. The number of nitrogens with two attached hydrogens (primary N) is 1. The molecule has 0 aromatic carbocycles. The van der Waals surface area contributed by atoms with E-state index in [-0.39, 0.29) is 5.78 Å². The summed E-state index contributed by atoms with van der Waals surface area (Å²) in [5.74, 6) is 5.08. The molecule has 0 saturated heterocycles. The van der Waals surface area contributed by atoms with Gasteiger partial charge in [0, 0.05) is 37.8 Å². The fourth-order valence-electron chi connectivity index (χ4n) is 2.51. The van der Waals surface area contributed by atoms with E-state index < -0.39 is 14.8 Å². The third kappa shape index (κ3) is 14.8. The Morgan fingerprint density at radius 2 is 1.55 bits per heavy atom. The van der Waals surface area contributed by atoms with E-state index in [1.165, 1.54) is 13.0 Å². The van der Waals surface area contributed by atoms with Crippen molar-refractivity contribution in [1.29, 1.82) is 0 Å². The SMILES string of the molecule is C=CC(C)=O.ClC1=NN(c2cccnc2)CC1.Clc1ccn(-c2cccnc2)n1.NNc1cccnc1.[O]=[Mn]=[O]. The van der Waals surface area contributed by atoms with Crippen molar-refractivity contribution in [1.82, 2.24) is 24.7 Å². The number of nitrogens with zero attached hydrogens (tertiary/aromatic N) is 7. The number of aromatic nitrogens is 5. The number of hydrazone groups is 1. The minimum absolute atomic E-state index is 0.0185. The minimum atomic E-state index is -1.44. The zero-order valence-electron chi connectivity index (χ0n) is 21.3. The summed E-state index contributed by atoms with van der Waals surface area (Å²) in [6.07, 6.45) is 14.2. The summed E-state index contributed by atoms with van der Waals surface area (Å²) in [6, 6.07) is 13.0. The number of carbonyl (C=O) groups is 1.